The summed E-state index contributed by atoms with van der Waals surface area (Å²) in [7, 11) is 0. The van der Waals surface area contributed by atoms with Crippen molar-refractivity contribution < 1.29 is 14.3 Å². The Hall–Kier alpha value is -3.02. The summed E-state index contributed by atoms with van der Waals surface area (Å²) in [5, 5.41) is 5.78. The van der Waals surface area contributed by atoms with Crippen molar-refractivity contribution in [2.24, 2.45) is 0 Å². The topological polar surface area (TPSA) is 70.7 Å². The third-order valence-electron chi connectivity index (χ3n) is 4.34. The molecular weight excluding hydrogens is 342 g/mol. The van der Waals surface area contributed by atoms with E-state index in [9.17, 15) is 9.59 Å². The number of nitrogens with one attached hydrogen (secondary N) is 2. The Morgan fingerprint density at radius 3 is 2.78 bits per heavy atom. The molecule has 1 heterocycles. The SMILES string of the molecule is CCCNC(=O)C1CN(CC(=O)Nc2cccc(C)c2)c2ccccc2O1. The zero-order valence-electron chi connectivity index (χ0n) is 15.7. The van der Waals surface area contributed by atoms with Gasteiger partial charge in [-0.05, 0) is 43.2 Å². The van der Waals surface area contributed by atoms with Crippen LogP contribution in [0.1, 0.15) is 18.9 Å². The molecule has 1 aliphatic rings. The van der Waals surface area contributed by atoms with Gasteiger partial charge in [0.15, 0.2) is 6.10 Å². The standard InChI is InChI=1S/C21H25N3O3/c1-3-11-22-21(26)19-13-24(17-9-4-5-10-18(17)27-19)14-20(25)23-16-8-6-7-15(2)12-16/h4-10,12,19H,3,11,13-14H2,1-2H3,(H,22,26)(H,23,25). The van der Waals surface area contributed by atoms with Crippen molar-refractivity contribution in [1.82, 2.24) is 5.32 Å². The fourth-order valence-corrected chi connectivity index (χ4v) is 3.05. The number of para-hydroxylation sites is 2. The van der Waals surface area contributed by atoms with Crippen molar-refractivity contribution >= 4 is 23.2 Å². The molecule has 0 spiro atoms. The van der Waals surface area contributed by atoms with Crippen molar-refractivity contribution in [3.8, 4) is 5.75 Å². The lowest BCUT2D eigenvalue weighted by Gasteiger charge is -2.35. The maximum atomic E-state index is 12.6. The van der Waals surface area contributed by atoms with Gasteiger partial charge >= 0.3 is 0 Å². The van der Waals surface area contributed by atoms with E-state index in [1.54, 1.807) is 0 Å². The molecule has 27 heavy (non-hydrogen) atoms. The van der Waals surface area contributed by atoms with E-state index in [2.05, 4.69) is 10.6 Å². The lowest BCUT2D eigenvalue weighted by atomic mass is 10.1. The third kappa shape index (κ3) is 4.78. The molecule has 3 rings (SSSR count). The average molecular weight is 367 g/mol. The number of ether oxygens (including phenoxy) is 1. The molecule has 2 N–H and O–H groups in total. The molecule has 0 bridgehead atoms. The molecule has 6 heteroatoms. The van der Waals surface area contributed by atoms with Crippen molar-refractivity contribution in [1.29, 1.82) is 0 Å². The van der Waals surface area contributed by atoms with Gasteiger partial charge in [-0.15, -0.1) is 0 Å². The molecule has 6 nitrogen and oxygen atoms in total. The first-order valence-electron chi connectivity index (χ1n) is 9.21. The maximum absolute atomic E-state index is 12.6. The Balaban J connectivity index is 1.72. The minimum atomic E-state index is -0.641. The highest BCUT2D eigenvalue weighted by atomic mass is 16.5. The van der Waals surface area contributed by atoms with Crippen LogP contribution in [0.5, 0.6) is 5.75 Å². The molecular formula is C21H25N3O3. The molecule has 0 aromatic heterocycles. The van der Waals surface area contributed by atoms with Crippen molar-refractivity contribution in [3.63, 3.8) is 0 Å². The number of amides is 2. The second-order valence-electron chi connectivity index (χ2n) is 6.66. The molecule has 0 fully saturated rings. The zero-order valence-corrected chi connectivity index (χ0v) is 15.7. The predicted molar refractivity (Wildman–Crippen MR) is 106 cm³/mol. The molecule has 1 aliphatic heterocycles. The summed E-state index contributed by atoms with van der Waals surface area (Å²) in [4.78, 5) is 26.8. The summed E-state index contributed by atoms with van der Waals surface area (Å²) < 4.78 is 5.85. The van der Waals surface area contributed by atoms with Crippen LogP contribution < -0.4 is 20.3 Å². The molecule has 2 amide bonds. The van der Waals surface area contributed by atoms with Gasteiger partial charge in [-0.25, -0.2) is 0 Å². The summed E-state index contributed by atoms with van der Waals surface area (Å²) in [5.74, 6) is 0.323. The highest BCUT2D eigenvalue weighted by Crippen LogP contribution is 2.33. The fourth-order valence-electron chi connectivity index (χ4n) is 3.05. The van der Waals surface area contributed by atoms with Crippen LogP contribution in [0.25, 0.3) is 0 Å². The van der Waals surface area contributed by atoms with Crippen LogP contribution in [0, 0.1) is 6.92 Å². The van der Waals surface area contributed by atoms with Crippen LogP contribution in [-0.2, 0) is 9.59 Å². The lowest BCUT2D eigenvalue weighted by molar-refractivity contribution is -0.128. The smallest absolute Gasteiger partial charge is 0.262 e. The van der Waals surface area contributed by atoms with Gasteiger partial charge in [-0.1, -0.05) is 31.2 Å². The number of hydrogen-bond donors (Lipinski definition) is 2. The number of anilines is 2. The van der Waals surface area contributed by atoms with Crippen LogP contribution in [-0.4, -0.2) is 37.6 Å². The number of fused-ring (bicyclic) bond motifs is 1. The normalized spacial score (nSPS) is 15.5. The summed E-state index contributed by atoms with van der Waals surface area (Å²) in [6.07, 6.45) is 0.218. The first-order chi connectivity index (χ1) is 13.1. The van der Waals surface area contributed by atoms with Gasteiger partial charge in [0.1, 0.15) is 5.75 Å². The van der Waals surface area contributed by atoms with Gasteiger partial charge in [0.05, 0.1) is 18.8 Å². The monoisotopic (exact) mass is 367 g/mol. The molecule has 0 saturated carbocycles. The molecule has 0 aliphatic carbocycles. The molecule has 1 unspecified atom stereocenters. The van der Waals surface area contributed by atoms with Gasteiger partial charge in [0.2, 0.25) is 5.91 Å². The molecule has 2 aromatic rings. The maximum Gasteiger partial charge on any atom is 0.262 e. The molecule has 0 radical (unpaired) electrons. The van der Waals surface area contributed by atoms with Crippen molar-refractivity contribution in [2.45, 2.75) is 26.4 Å². The van der Waals surface area contributed by atoms with Crippen LogP contribution in [0.4, 0.5) is 11.4 Å². The number of rotatable bonds is 6. The van der Waals surface area contributed by atoms with Gasteiger partial charge in [0, 0.05) is 12.2 Å². The van der Waals surface area contributed by atoms with Crippen LogP contribution in [0.2, 0.25) is 0 Å². The molecule has 2 aromatic carbocycles. The second-order valence-corrected chi connectivity index (χ2v) is 6.66. The summed E-state index contributed by atoms with van der Waals surface area (Å²) >= 11 is 0. The number of aryl methyl sites for hydroxylation is 1. The third-order valence-corrected chi connectivity index (χ3v) is 4.34. The van der Waals surface area contributed by atoms with E-state index < -0.39 is 6.10 Å². The Morgan fingerprint density at radius 1 is 1.19 bits per heavy atom. The second kappa shape index (κ2) is 8.58. The Kier molecular flexibility index (Phi) is 5.96. The summed E-state index contributed by atoms with van der Waals surface area (Å²) in [5.41, 5.74) is 2.66. The first-order valence-corrected chi connectivity index (χ1v) is 9.21. The van der Waals surface area contributed by atoms with Gasteiger partial charge in [-0.3, -0.25) is 9.59 Å². The summed E-state index contributed by atoms with van der Waals surface area (Å²) in [6, 6.07) is 15.1. The van der Waals surface area contributed by atoms with Gasteiger partial charge in [0.25, 0.3) is 5.91 Å². The highest BCUT2D eigenvalue weighted by molar-refractivity contribution is 5.95. The van der Waals surface area contributed by atoms with E-state index in [0.717, 1.165) is 23.4 Å². The zero-order chi connectivity index (χ0) is 19.2. The van der Waals surface area contributed by atoms with Crippen LogP contribution >= 0.6 is 0 Å². The molecule has 0 saturated heterocycles. The minimum absolute atomic E-state index is 0.134. The fraction of sp³-hybridized carbons (Fsp3) is 0.333. The van der Waals surface area contributed by atoms with Crippen LogP contribution in [0.3, 0.4) is 0 Å². The van der Waals surface area contributed by atoms with E-state index >= 15 is 0 Å². The minimum Gasteiger partial charge on any atom is -0.477 e. The van der Waals surface area contributed by atoms with Gasteiger partial charge < -0.3 is 20.3 Å². The quantitative estimate of drug-likeness (QED) is 0.824. The lowest BCUT2D eigenvalue weighted by Crippen LogP contribution is -2.50. The van der Waals surface area contributed by atoms with Crippen molar-refractivity contribution in [2.75, 3.05) is 29.9 Å². The predicted octanol–water partition coefficient (Wildman–Crippen LogP) is 2.73. The summed E-state index contributed by atoms with van der Waals surface area (Å²) in [6.45, 7) is 5.06. The van der Waals surface area contributed by atoms with E-state index in [-0.39, 0.29) is 18.4 Å². The van der Waals surface area contributed by atoms with Crippen molar-refractivity contribution in [3.05, 3.63) is 54.1 Å². The van der Waals surface area contributed by atoms with E-state index in [1.165, 1.54) is 0 Å². The largest absolute Gasteiger partial charge is 0.477 e. The van der Waals surface area contributed by atoms with E-state index in [1.807, 2.05) is 67.3 Å². The Bertz CT molecular complexity index is 822. The highest BCUT2D eigenvalue weighted by Gasteiger charge is 2.31. The molecule has 1 atom stereocenters. The molecule has 142 valence electrons. The average Bonchev–Trinajstić information content (AvgIpc) is 2.66. The Labute approximate surface area is 159 Å². The number of carbonyl (C=O) groups excluding carboxylic acids is 2. The number of hydrogen-bond acceptors (Lipinski definition) is 4. The number of nitrogens with zero attached hydrogens (tertiary/aromatic N) is 1. The number of carbonyl (C=O) groups is 2. The van der Waals surface area contributed by atoms with E-state index in [0.29, 0.717) is 18.8 Å². The van der Waals surface area contributed by atoms with Crippen LogP contribution in [0.15, 0.2) is 48.5 Å². The van der Waals surface area contributed by atoms with E-state index in [4.69, 9.17) is 4.74 Å². The Morgan fingerprint density at radius 2 is 2.00 bits per heavy atom. The van der Waals surface area contributed by atoms with Gasteiger partial charge in [-0.2, -0.15) is 0 Å². The number of benzene rings is 2. The first kappa shape index (κ1) is 18.8.